The van der Waals surface area contributed by atoms with Crippen molar-refractivity contribution >= 4 is 34.0 Å². The lowest BCUT2D eigenvalue weighted by atomic mass is 10.1. The van der Waals surface area contributed by atoms with Gasteiger partial charge in [-0.3, -0.25) is 9.89 Å². The van der Waals surface area contributed by atoms with Gasteiger partial charge in [0, 0.05) is 27.6 Å². The number of nitrogens with zero attached hydrogens (tertiary/aromatic N) is 4. The number of thiazole rings is 2. The number of aryl methyl sites for hydroxylation is 2. The summed E-state index contributed by atoms with van der Waals surface area (Å²) in [7, 11) is 0. The molecule has 0 unspecified atom stereocenters. The Morgan fingerprint density at radius 1 is 0.969 bits per heavy atom. The summed E-state index contributed by atoms with van der Waals surface area (Å²) in [6.45, 7) is 3.97. The lowest BCUT2D eigenvalue weighted by Crippen LogP contribution is -2.17. The SMILES string of the molecule is Cc1nc(N=Cc2c(-c3ccccc3)[nH]n(-c3nc(-c4ccccc4)cs3)c2=O)sc1C. The van der Waals surface area contributed by atoms with E-state index in [1.165, 1.54) is 27.4 Å². The fourth-order valence-corrected chi connectivity index (χ4v) is 4.81. The minimum Gasteiger partial charge on any atom is -0.288 e. The van der Waals surface area contributed by atoms with Crippen LogP contribution in [0.4, 0.5) is 5.13 Å². The van der Waals surface area contributed by atoms with E-state index >= 15 is 0 Å². The van der Waals surface area contributed by atoms with E-state index in [0.717, 1.165) is 27.4 Å². The highest BCUT2D eigenvalue weighted by molar-refractivity contribution is 7.15. The quantitative estimate of drug-likeness (QED) is 0.340. The summed E-state index contributed by atoms with van der Waals surface area (Å²) in [5, 5.41) is 6.40. The summed E-state index contributed by atoms with van der Waals surface area (Å²) >= 11 is 2.92. The third-order valence-electron chi connectivity index (χ3n) is 5.06. The maximum absolute atomic E-state index is 13.4. The molecule has 0 radical (unpaired) electrons. The highest BCUT2D eigenvalue weighted by Gasteiger charge is 2.18. The Kier molecular flexibility index (Phi) is 5.38. The Hall–Kier alpha value is -3.62. The van der Waals surface area contributed by atoms with E-state index in [1.54, 1.807) is 6.21 Å². The maximum atomic E-state index is 13.4. The van der Waals surface area contributed by atoms with Gasteiger partial charge < -0.3 is 0 Å². The van der Waals surface area contributed by atoms with E-state index in [1.807, 2.05) is 79.9 Å². The van der Waals surface area contributed by atoms with Crippen molar-refractivity contribution in [2.24, 2.45) is 4.99 Å². The zero-order chi connectivity index (χ0) is 22.1. The molecule has 5 rings (SSSR count). The van der Waals surface area contributed by atoms with E-state index in [4.69, 9.17) is 0 Å². The van der Waals surface area contributed by atoms with Gasteiger partial charge in [0.25, 0.3) is 5.56 Å². The second kappa shape index (κ2) is 8.49. The molecule has 158 valence electrons. The molecule has 0 saturated carbocycles. The lowest BCUT2D eigenvalue weighted by Gasteiger charge is -1.99. The van der Waals surface area contributed by atoms with Crippen LogP contribution < -0.4 is 5.56 Å². The second-order valence-corrected chi connectivity index (χ2v) is 9.20. The molecule has 2 aromatic carbocycles. The van der Waals surface area contributed by atoms with Gasteiger partial charge >= 0.3 is 0 Å². The highest BCUT2D eigenvalue weighted by Crippen LogP contribution is 2.27. The second-order valence-electron chi connectivity index (χ2n) is 7.18. The normalized spacial score (nSPS) is 11.4. The topological polar surface area (TPSA) is 75.9 Å². The smallest absolute Gasteiger partial charge is 0.282 e. The first kappa shape index (κ1) is 20.3. The molecule has 0 amide bonds. The van der Waals surface area contributed by atoms with Gasteiger partial charge in [0.1, 0.15) is 0 Å². The summed E-state index contributed by atoms with van der Waals surface area (Å²) in [6, 6.07) is 19.7. The Bertz CT molecular complexity index is 1440. The van der Waals surface area contributed by atoms with Crippen LogP contribution in [0.15, 0.2) is 75.8 Å². The molecule has 0 fully saturated rings. The van der Waals surface area contributed by atoms with E-state index in [9.17, 15) is 4.79 Å². The van der Waals surface area contributed by atoms with Crippen LogP contribution in [-0.4, -0.2) is 26.0 Å². The lowest BCUT2D eigenvalue weighted by molar-refractivity contribution is 0.843. The van der Waals surface area contributed by atoms with Crippen LogP contribution in [0.5, 0.6) is 0 Å². The van der Waals surface area contributed by atoms with Crippen LogP contribution in [0, 0.1) is 13.8 Å². The Labute approximate surface area is 192 Å². The van der Waals surface area contributed by atoms with Crippen molar-refractivity contribution in [3.05, 3.63) is 92.5 Å². The number of H-pyrrole nitrogens is 1. The van der Waals surface area contributed by atoms with Crippen LogP contribution in [0.1, 0.15) is 16.1 Å². The van der Waals surface area contributed by atoms with Crippen molar-refractivity contribution in [2.45, 2.75) is 13.8 Å². The van der Waals surface area contributed by atoms with Gasteiger partial charge in [0.05, 0.1) is 22.6 Å². The summed E-state index contributed by atoms with van der Waals surface area (Å²) < 4.78 is 1.49. The van der Waals surface area contributed by atoms with Crippen LogP contribution in [0.3, 0.4) is 0 Å². The monoisotopic (exact) mass is 457 g/mol. The van der Waals surface area contributed by atoms with Crippen molar-refractivity contribution < 1.29 is 0 Å². The highest BCUT2D eigenvalue weighted by atomic mass is 32.1. The number of hydrogen-bond donors (Lipinski definition) is 1. The van der Waals surface area contributed by atoms with Crippen LogP contribution >= 0.6 is 22.7 Å². The van der Waals surface area contributed by atoms with E-state index in [0.29, 0.717) is 21.5 Å². The Balaban J connectivity index is 1.60. The summed E-state index contributed by atoms with van der Waals surface area (Å²) in [4.78, 5) is 28.1. The molecule has 0 aliphatic rings. The zero-order valence-corrected chi connectivity index (χ0v) is 19.1. The predicted octanol–water partition coefficient (Wildman–Crippen LogP) is 5.78. The molecule has 3 heterocycles. The van der Waals surface area contributed by atoms with Crippen molar-refractivity contribution in [3.63, 3.8) is 0 Å². The molecule has 0 atom stereocenters. The Morgan fingerprint density at radius 2 is 1.66 bits per heavy atom. The number of aromatic nitrogens is 4. The maximum Gasteiger partial charge on any atom is 0.282 e. The fraction of sp³-hybridized carbons (Fsp3) is 0.0833. The van der Waals surface area contributed by atoms with Crippen molar-refractivity contribution in [3.8, 4) is 27.6 Å². The standard InChI is InChI=1S/C24H19N5OS2/c1-15-16(2)32-23(26-15)25-13-19-21(18-11-7-4-8-12-18)28-29(22(19)30)24-27-20(14-31-24)17-9-5-3-6-10-17/h3-14,28H,1-2H3. The van der Waals surface area contributed by atoms with Crippen molar-refractivity contribution in [2.75, 3.05) is 0 Å². The van der Waals surface area contributed by atoms with Crippen LogP contribution in [-0.2, 0) is 0 Å². The van der Waals surface area contributed by atoms with Crippen LogP contribution in [0.25, 0.3) is 27.6 Å². The fourth-order valence-electron chi connectivity index (χ4n) is 3.27. The predicted molar refractivity (Wildman–Crippen MR) is 132 cm³/mol. The van der Waals surface area contributed by atoms with E-state index < -0.39 is 0 Å². The first-order valence-corrected chi connectivity index (χ1v) is 11.7. The number of benzene rings is 2. The largest absolute Gasteiger partial charge is 0.288 e. The average Bonchev–Trinajstić information content (AvgIpc) is 3.51. The van der Waals surface area contributed by atoms with Crippen molar-refractivity contribution in [1.29, 1.82) is 0 Å². The first-order valence-electron chi connectivity index (χ1n) is 10.00. The Morgan fingerprint density at radius 3 is 2.31 bits per heavy atom. The van der Waals surface area contributed by atoms with Gasteiger partial charge in [0.15, 0.2) is 0 Å². The molecule has 0 bridgehead atoms. The molecule has 6 nitrogen and oxygen atoms in total. The molecule has 0 spiro atoms. The third kappa shape index (κ3) is 3.86. The number of aliphatic imine (C=N–C) groups is 1. The number of rotatable bonds is 5. The third-order valence-corrected chi connectivity index (χ3v) is 6.87. The van der Waals surface area contributed by atoms with E-state index in [2.05, 4.69) is 20.1 Å². The van der Waals surface area contributed by atoms with Crippen LogP contribution in [0.2, 0.25) is 0 Å². The molecular formula is C24H19N5OS2. The molecule has 5 aromatic rings. The molecule has 32 heavy (non-hydrogen) atoms. The molecule has 1 N–H and O–H groups in total. The number of aromatic amines is 1. The van der Waals surface area contributed by atoms with Gasteiger partial charge in [-0.25, -0.2) is 15.0 Å². The summed E-state index contributed by atoms with van der Waals surface area (Å²) in [6.07, 6.45) is 1.60. The molecule has 0 aliphatic heterocycles. The van der Waals surface area contributed by atoms with Gasteiger partial charge in [0.2, 0.25) is 10.3 Å². The van der Waals surface area contributed by atoms with E-state index in [-0.39, 0.29) is 5.56 Å². The molecule has 0 saturated heterocycles. The van der Waals surface area contributed by atoms with Gasteiger partial charge in [-0.05, 0) is 13.8 Å². The molecular weight excluding hydrogens is 438 g/mol. The number of hydrogen-bond acceptors (Lipinski definition) is 6. The van der Waals surface area contributed by atoms with Gasteiger partial charge in [-0.15, -0.1) is 11.3 Å². The summed E-state index contributed by atoms with van der Waals surface area (Å²) in [5.74, 6) is 0. The molecule has 8 heteroatoms. The van der Waals surface area contributed by atoms with Crippen molar-refractivity contribution in [1.82, 2.24) is 19.7 Å². The average molecular weight is 458 g/mol. The summed E-state index contributed by atoms with van der Waals surface area (Å²) in [5.41, 5.74) is 4.65. The minimum absolute atomic E-state index is 0.202. The minimum atomic E-state index is -0.202. The number of nitrogens with one attached hydrogen (secondary N) is 1. The molecule has 0 aliphatic carbocycles. The van der Waals surface area contributed by atoms with Gasteiger partial charge in [-0.1, -0.05) is 72.0 Å². The molecule has 3 aromatic heterocycles. The first-order chi connectivity index (χ1) is 15.6. The van der Waals surface area contributed by atoms with Gasteiger partial charge in [-0.2, -0.15) is 4.68 Å². The zero-order valence-electron chi connectivity index (χ0n) is 17.4.